The molecule has 5 N–H and O–H groups in total. The molecule has 8 heteroatoms. The maximum atomic E-state index is 12.6. The molecule has 8 nitrogen and oxygen atoms in total. The quantitative estimate of drug-likeness (QED) is 0.248. The van der Waals surface area contributed by atoms with E-state index in [-0.39, 0.29) is 25.0 Å². The summed E-state index contributed by atoms with van der Waals surface area (Å²) in [6, 6.07) is 23.0. The van der Waals surface area contributed by atoms with Crippen LogP contribution in [0.3, 0.4) is 0 Å². The number of carbonyl (C=O) groups excluding carboxylic acids is 2. The van der Waals surface area contributed by atoms with Crippen LogP contribution in [0.2, 0.25) is 0 Å². The number of nitrogens with one attached hydrogen (secondary N) is 2. The number of amides is 2. The maximum Gasteiger partial charge on any atom is 0.412 e. The number of aliphatic hydroxyl groups is 1. The molecule has 0 radical (unpaired) electrons. The number of nitrogens with two attached hydrogens (primary N) is 1. The highest BCUT2D eigenvalue weighted by atomic mass is 16.6. The molecular formula is C27H29N3O5. The molecule has 0 aliphatic rings. The summed E-state index contributed by atoms with van der Waals surface area (Å²) >= 11 is 0. The van der Waals surface area contributed by atoms with Crippen molar-refractivity contribution in [3.05, 3.63) is 96.6 Å². The van der Waals surface area contributed by atoms with Crippen LogP contribution in [0.4, 0.5) is 21.9 Å². The lowest BCUT2D eigenvalue weighted by Crippen LogP contribution is -2.21. The molecule has 0 bridgehead atoms. The molecule has 0 saturated carbocycles. The number of hydrogen-bond acceptors (Lipinski definition) is 6. The molecule has 0 aromatic heterocycles. The van der Waals surface area contributed by atoms with Gasteiger partial charge in [-0.05, 0) is 48.0 Å². The minimum Gasteiger partial charge on any atom is -0.491 e. The predicted octanol–water partition coefficient (Wildman–Crippen LogP) is 4.76. The van der Waals surface area contributed by atoms with Crippen LogP contribution in [-0.2, 0) is 9.53 Å². The number of anilines is 3. The highest BCUT2D eigenvalue weighted by Gasteiger charge is 2.23. The molecular weight excluding hydrogens is 446 g/mol. The summed E-state index contributed by atoms with van der Waals surface area (Å²) < 4.78 is 11.2. The van der Waals surface area contributed by atoms with E-state index in [1.807, 2.05) is 25.1 Å². The lowest BCUT2D eigenvalue weighted by atomic mass is 9.96. The number of nitrogen functional groups attached to an aromatic ring is 1. The van der Waals surface area contributed by atoms with Crippen molar-refractivity contribution in [2.45, 2.75) is 13.0 Å². The molecule has 0 aliphatic carbocycles. The lowest BCUT2D eigenvalue weighted by Gasteiger charge is -2.23. The third-order valence-electron chi connectivity index (χ3n) is 5.07. The maximum absolute atomic E-state index is 12.6. The Labute approximate surface area is 204 Å². The minimum absolute atomic E-state index is 0.0916. The van der Waals surface area contributed by atoms with Gasteiger partial charge in [-0.3, -0.25) is 10.1 Å². The third-order valence-corrected chi connectivity index (χ3v) is 5.07. The van der Waals surface area contributed by atoms with Crippen LogP contribution in [0.25, 0.3) is 0 Å². The van der Waals surface area contributed by atoms with Crippen molar-refractivity contribution in [1.82, 2.24) is 0 Å². The zero-order chi connectivity index (χ0) is 25.0. The third kappa shape index (κ3) is 7.90. The Bertz CT molecular complexity index is 1130. The second-order valence-electron chi connectivity index (χ2n) is 7.75. The molecule has 2 atom stereocenters. The zero-order valence-electron chi connectivity index (χ0n) is 19.4. The van der Waals surface area contributed by atoms with E-state index in [1.54, 1.807) is 66.7 Å². The van der Waals surface area contributed by atoms with Crippen LogP contribution >= 0.6 is 0 Å². The largest absolute Gasteiger partial charge is 0.491 e. The molecule has 0 unspecified atom stereocenters. The number of hydrogen-bond donors (Lipinski definition) is 4. The molecule has 2 amide bonds. The molecule has 182 valence electrons. The Kier molecular flexibility index (Phi) is 9.27. The van der Waals surface area contributed by atoms with Crippen molar-refractivity contribution in [3.8, 4) is 5.75 Å². The van der Waals surface area contributed by atoms with E-state index in [4.69, 9.17) is 20.3 Å². The van der Waals surface area contributed by atoms with Gasteiger partial charge in [0.25, 0.3) is 0 Å². The Hall–Kier alpha value is -4.30. The molecule has 3 aromatic rings. The average Bonchev–Trinajstić information content (AvgIpc) is 2.87. The zero-order valence-corrected chi connectivity index (χ0v) is 19.4. The first-order valence-corrected chi connectivity index (χ1v) is 11.2. The first kappa shape index (κ1) is 25.3. The topological polar surface area (TPSA) is 123 Å². The van der Waals surface area contributed by atoms with Crippen molar-refractivity contribution < 1.29 is 24.2 Å². The van der Waals surface area contributed by atoms with Crippen LogP contribution in [0, 0.1) is 5.92 Å². The number of para-hydroxylation sites is 3. The minimum atomic E-state index is -0.684. The Balaban J connectivity index is 1.74. The van der Waals surface area contributed by atoms with Crippen LogP contribution in [0.15, 0.2) is 91.0 Å². The SMILES string of the molecule is C[C@@H](/C=C/C(=O)Nc1ccccc1N)[C@@H](OC(=O)Nc1ccccc1)c1ccc(OCCO)cc1. The van der Waals surface area contributed by atoms with Gasteiger partial charge in [0.05, 0.1) is 18.0 Å². The Morgan fingerprint density at radius 1 is 0.971 bits per heavy atom. The van der Waals surface area contributed by atoms with Gasteiger partial charge in [0.15, 0.2) is 0 Å². The summed E-state index contributed by atoms with van der Waals surface area (Å²) in [6.07, 6.45) is 1.76. The normalized spacial score (nSPS) is 12.5. The molecule has 0 spiro atoms. The average molecular weight is 476 g/mol. The van der Waals surface area contributed by atoms with E-state index in [0.717, 1.165) is 5.56 Å². The summed E-state index contributed by atoms with van der Waals surface area (Å²) in [4.78, 5) is 25.0. The first-order valence-electron chi connectivity index (χ1n) is 11.2. The first-order chi connectivity index (χ1) is 17.0. The number of rotatable bonds is 10. The van der Waals surface area contributed by atoms with Gasteiger partial charge in [-0.1, -0.05) is 55.5 Å². The van der Waals surface area contributed by atoms with E-state index in [2.05, 4.69) is 10.6 Å². The van der Waals surface area contributed by atoms with Gasteiger partial charge < -0.3 is 25.6 Å². The van der Waals surface area contributed by atoms with Gasteiger partial charge >= 0.3 is 6.09 Å². The van der Waals surface area contributed by atoms with Gasteiger partial charge in [-0.25, -0.2) is 4.79 Å². The fourth-order valence-electron chi connectivity index (χ4n) is 3.31. The van der Waals surface area contributed by atoms with Crippen molar-refractivity contribution in [3.63, 3.8) is 0 Å². The van der Waals surface area contributed by atoms with Gasteiger partial charge in [0, 0.05) is 11.6 Å². The van der Waals surface area contributed by atoms with Gasteiger partial charge in [0.1, 0.15) is 18.5 Å². The number of benzene rings is 3. The Morgan fingerprint density at radius 2 is 1.66 bits per heavy atom. The van der Waals surface area contributed by atoms with Crippen LogP contribution in [-0.4, -0.2) is 30.3 Å². The molecule has 0 aliphatic heterocycles. The Morgan fingerprint density at radius 3 is 2.34 bits per heavy atom. The number of carbonyl (C=O) groups is 2. The van der Waals surface area contributed by atoms with Crippen molar-refractivity contribution in [2.75, 3.05) is 29.6 Å². The fraction of sp³-hybridized carbons (Fsp3) is 0.185. The summed E-state index contributed by atoms with van der Waals surface area (Å²) in [5, 5.41) is 14.4. The van der Waals surface area contributed by atoms with E-state index in [1.165, 1.54) is 6.08 Å². The van der Waals surface area contributed by atoms with Crippen molar-refractivity contribution >= 4 is 29.1 Å². The molecule has 0 heterocycles. The number of aliphatic hydroxyl groups excluding tert-OH is 1. The van der Waals surface area contributed by atoms with Gasteiger partial charge in [-0.15, -0.1) is 0 Å². The van der Waals surface area contributed by atoms with E-state index < -0.39 is 12.2 Å². The van der Waals surface area contributed by atoms with Gasteiger partial charge in [-0.2, -0.15) is 0 Å². The monoisotopic (exact) mass is 475 g/mol. The molecule has 3 aromatic carbocycles. The summed E-state index contributed by atoms with van der Waals surface area (Å²) in [7, 11) is 0. The summed E-state index contributed by atoms with van der Waals surface area (Å²) in [5.41, 5.74) is 8.18. The van der Waals surface area contributed by atoms with Crippen LogP contribution < -0.4 is 21.1 Å². The van der Waals surface area contributed by atoms with E-state index in [0.29, 0.717) is 22.8 Å². The highest BCUT2D eigenvalue weighted by Crippen LogP contribution is 2.29. The fourth-order valence-corrected chi connectivity index (χ4v) is 3.31. The van der Waals surface area contributed by atoms with Gasteiger partial charge in [0.2, 0.25) is 5.91 Å². The van der Waals surface area contributed by atoms with Crippen LogP contribution in [0.1, 0.15) is 18.6 Å². The molecule has 35 heavy (non-hydrogen) atoms. The highest BCUT2D eigenvalue weighted by molar-refractivity contribution is 6.01. The van der Waals surface area contributed by atoms with Crippen molar-refractivity contribution in [2.24, 2.45) is 5.92 Å². The molecule has 0 saturated heterocycles. The smallest absolute Gasteiger partial charge is 0.412 e. The summed E-state index contributed by atoms with van der Waals surface area (Å²) in [6.45, 7) is 1.93. The number of ether oxygens (including phenoxy) is 2. The standard InChI is InChI=1S/C27H29N3O5/c1-19(11-16-25(32)30-24-10-6-5-9-23(24)28)26(20-12-14-22(15-13-20)34-18-17-31)35-27(33)29-21-7-3-2-4-8-21/h2-16,19,26,31H,17-18,28H2,1H3,(H,29,33)(H,30,32)/b16-11+/t19-,26+/m0/s1. The van der Waals surface area contributed by atoms with E-state index >= 15 is 0 Å². The predicted molar refractivity (Wildman–Crippen MR) is 136 cm³/mol. The van der Waals surface area contributed by atoms with Crippen LogP contribution in [0.5, 0.6) is 5.75 Å². The molecule has 0 fully saturated rings. The molecule has 3 rings (SSSR count). The second-order valence-corrected chi connectivity index (χ2v) is 7.75. The lowest BCUT2D eigenvalue weighted by molar-refractivity contribution is -0.111. The summed E-state index contributed by atoms with van der Waals surface area (Å²) in [5.74, 6) is -0.118. The second kappa shape index (κ2) is 12.8. The van der Waals surface area contributed by atoms with Crippen molar-refractivity contribution in [1.29, 1.82) is 0 Å². The van der Waals surface area contributed by atoms with E-state index in [9.17, 15) is 9.59 Å².